The van der Waals surface area contributed by atoms with E-state index in [1.54, 1.807) is 24.3 Å². The third-order valence-electron chi connectivity index (χ3n) is 5.67. The molecule has 7 nitrogen and oxygen atoms in total. The second-order valence-electron chi connectivity index (χ2n) is 8.02. The van der Waals surface area contributed by atoms with Crippen LogP contribution in [0.2, 0.25) is 0 Å². The lowest BCUT2D eigenvalue weighted by atomic mass is 9.93. The Morgan fingerprint density at radius 1 is 0.943 bits per heavy atom. The minimum absolute atomic E-state index is 0.193. The van der Waals surface area contributed by atoms with Crippen molar-refractivity contribution in [3.05, 3.63) is 107 Å². The molecule has 0 amide bonds. The first kappa shape index (κ1) is 23.9. The Hall–Kier alpha value is -4.25. The normalized spacial score (nSPS) is 15.9. The monoisotopic (exact) mass is 467 g/mol. The van der Waals surface area contributed by atoms with Crippen LogP contribution in [0.5, 0.6) is 0 Å². The van der Waals surface area contributed by atoms with E-state index >= 15 is 0 Å². The minimum Gasteiger partial charge on any atom is -0.447 e. The third-order valence-corrected chi connectivity index (χ3v) is 5.67. The van der Waals surface area contributed by atoms with Gasteiger partial charge in [-0.2, -0.15) is 5.26 Å². The number of ether oxygens (including phenoxy) is 2. The predicted octanol–water partition coefficient (Wildman–Crippen LogP) is 3.38. The maximum Gasteiger partial charge on any atom is 0.350 e. The maximum atomic E-state index is 13.5. The second-order valence-corrected chi connectivity index (χ2v) is 8.02. The topological polar surface area (TPSA) is 114 Å². The SMILES string of the molecule is N#CC(C(=O)OC(C(=O)c1ccc(N)cc1)C1CNCCO1)=C(c1ccccc1)c1ccccc1. The Morgan fingerprint density at radius 2 is 1.54 bits per heavy atom. The molecule has 1 aliphatic heterocycles. The number of hydrogen-bond donors (Lipinski definition) is 2. The summed E-state index contributed by atoms with van der Waals surface area (Å²) in [4.78, 5) is 26.8. The van der Waals surface area contributed by atoms with Gasteiger partial charge in [0.15, 0.2) is 6.10 Å². The van der Waals surface area contributed by atoms with Gasteiger partial charge in [0.1, 0.15) is 17.7 Å². The second kappa shape index (κ2) is 11.3. The molecule has 1 aliphatic rings. The van der Waals surface area contributed by atoms with Gasteiger partial charge >= 0.3 is 5.97 Å². The lowest BCUT2D eigenvalue weighted by molar-refractivity contribution is -0.149. The Balaban J connectivity index is 1.74. The number of Topliss-reactive ketones (excluding diaryl/α,β-unsaturated/α-hetero) is 1. The first-order valence-electron chi connectivity index (χ1n) is 11.3. The average Bonchev–Trinajstić information content (AvgIpc) is 2.91. The smallest absolute Gasteiger partial charge is 0.350 e. The van der Waals surface area contributed by atoms with Crippen LogP contribution in [0.25, 0.3) is 5.57 Å². The molecule has 0 aromatic heterocycles. The standard InChI is InChI=1S/C28H25N3O4/c29-17-23(25(19-7-3-1-4-8-19)20-9-5-2-6-10-20)28(33)35-27(24-18-31-15-16-34-24)26(32)21-11-13-22(30)14-12-21/h1-14,24,27,31H,15-16,18,30H2. The zero-order valence-electron chi connectivity index (χ0n) is 19.0. The molecule has 0 aliphatic carbocycles. The lowest BCUT2D eigenvalue weighted by Gasteiger charge is -2.30. The molecule has 0 spiro atoms. The molecule has 1 heterocycles. The number of anilines is 1. The highest BCUT2D eigenvalue weighted by atomic mass is 16.6. The number of esters is 1. The van der Waals surface area contributed by atoms with Gasteiger partial charge in [0, 0.05) is 29.9 Å². The fraction of sp³-hybridized carbons (Fsp3) is 0.179. The maximum absolute atomic E-state index is 13.5. The van der Waals surface area contributed by atoms with Gasteiger partial charge in [-0.1, -0.05) is 60.7 Å². The van der Waals surface area contributed by atoms with Crippen LogP contribution in [0.1, 0.15) is 21.5 Å². The molecule has 3 N–H and O–H groups in total. The molecular weight excluding hydrogens is 442 g/mol. The number of hydrogen-bond acceptors (Lipinski definition) is 7. The van der Waals surface area contributed by atoms with E-state index in [0.29, 0.717) is 47.6 Å². The average molecular weight is 468 g/mol. The Bertz CT molecular complexity index is 1200. The third kappa shape index (κ3) is 5.64. The van der Waals surface area contributed by atoms with Gasteiger partial charge < -0.3 is 20.5 Å². The number of carbonyl (C=O) groups excluding carboxylic acids is 2. The number of nitrogens with zero attached hydrogens (tertiary/aromatic N) is 1. The summed E-state index contributed by atoms with van der Waals surface area (Å²) in [5.41, 5.74) is 8.20. The summed E-state index contributed by atoms with van der Waals surface area (Å²) in [5.74, 6) is -1.32. The van der Waals surface area contributed by atoms with E-state index in [4.69, 9.17) is 15.2 Å². The molecule has 3 aromatic rings. The molecule has 0 radical (unpaired) electrons. The van der Waals surface area contributed by atoms with Crippen molar-refractivity contribution in [3.8, 4) is 6.07 Å². The Kier molecular flexibility index (Phi) is 7.68. The number of morpholine rings is 1. The quantitative estimate of drug-likeness (QED) is 0.180. The summed E-state index contributed by atoms with van der Waals surface area (Å²) in [5, 5.41) is 13.2. The van der Waals surface area contributed by atoms with E-state index in [1.165, 1.54) is 0 Å². The van der Waals surface area contributed by atoms with Gasteiger partial charge in [0.25, 0.3) is 0 Å². The van der Waals surface area contributed by atoms with Gasteiger partial charge in [-0.3, -0.25) is 4.79 Å². The highest BCUT2D eigenvalue weighted by Gasteiger charge is 2.36. The van der Waals surface area contributed by atoms with Crippen molar-refractivity contribution in [2.45, 2.75) is 12.2 Å². The Morgan fingerprint density at radius 3 is 2.06 bits per heavy atom. The molecule has 3 aromatic carbocycles. The Labute approximate surface area is 203 Å². The minimum atomic E-state index is -1.24. The number of carbonyl (C=O) groups is 2. The summed E-state index contributed by atoms with van der Waals surface area (Å²) in [6.07, 6.45) is -1.94. The summed E-state index contributed by atoms with van der Waals surface area (Å²) in [7, 11) is 0. The van der Waals surface area contributed by atoms with E-state index in [-0.39, 0.29) is 5.57 Å². The summed E-state index contributed by atoms with van der Waals surface area (Å²) < 4.78 is 11.5. The molecule has 1 saturated heterocycles. The largest absolute Gasteiger partial charge is 0.447 e. The van der Waals surface area contributed by atoms with Crippen molar-refractivity contribution in [1.82, 2.24) is 5.32 Å². The van der Waals surface area contributed by atoms with Gasteiger partial charge in [0.2, 0.25) is 5.78 Å². The molecule has 35 heavy (non-hydrogen) atoms. The summed E-state index contributed by atoms with van der Waals surface area (Å²) >= 11 is 0. The van der Waals surface area contributed by atoms with Crippen molar-refractivity contribution in [3.63, 3.8) is 0 Å². The van der Waals surface area contributed by atoms with Crippen molar-refractivity contribution < 1.29 is 19.1 Å². The zero-order valence-corrected chi connectivity index (χ0v) is 19.0. The fourth-order valence-electron chi connectivity index (χ4n) is 3.93. The molecule has 0 bridgehead atoms. The number of nitriles is 1. The van der Waals surface area contributed by atoms with Crippen LogP contribution in [-0.4, -0.2) is 43.7 Å². The number of ketones is 1. The van der Waals surface area contributed by atoms with Crippen molar-refractivity contribution in [2.24, 2.45) is 0 Å². The zero-order chi connectivity index (χ0) is 24.6. The van der Waals surface area contributed by atoms with Gasteiger partial charge in [-0.25, -0.2) is 4.79 Å². The molecular formula is C28H25N3O4. The van der Waals surface area contributed by atoms with E-state index in [0.717, 1.165) is 0 Å². The highest BCUT2D eigenvalue weighted by molar-refractivity contribution is 6.07. The van der Waals surface area contributed by atoms with Crippen molar-refractivity contribution in [1.29, 1.82) is 5.26 Å². The van der Waals surface area contributed by atoms with E-state index in [2.05, 4.69) is 5.32 Å². The number of nitrogens with one attached hydrogen (secondary N) is 1. The molecule has 2 unspecified atom stereocenters. The number of benzene rings is 3. The first-order chi connectivity index (χ1) is 17.1. The van der Waals surface area contributed by atoms with Crippen LogP contribution >= 0.6 is 0 Å². The van der Waals surface area contributed by atoms with E-state index in [1.807, 2.05) is 66.7 Å². The van der Waals surface area contributed by atoms with E-state index < -0.39 is 24.0 Å². The van der Waals surface area contributed by atoms with Gasteiger partial charge in [0.05, 0.1) is 6.61 Å². The number of nitrogen functional groups attached to an aromatic ring is 1. The molecule has 2 atom stereocenters. The summed E-state index contributed by atoms with van der Waals surface area (Å²) in [6, 6.07) is 26.7. The highest BCUT2D eigenvalue weighted by Crippen LogP contribution is 2.28. The molecule has 1 fully saturated rings. The predicted molar refractivity (Wildman–Crippen MR) is 132 cm³/mol. The molecule has 176 valence electrons. The number of nitrogens with two attached hydrogens (primary N) is 1. The molecule has 0 saturated carbocycles. The van der Waals surface area contributed by atoms with Crippen LogP contribution < -0.4 is 11.1 Å². The van der Waals surface area contributed by atoms with Crippen molar-refractivity contribution in [2.75, 3.05) is 25.4 Å². The van der Waals surface area contributed by atoms with Crippen LogP contribution in [0, 0.1) is 11.3 Å². The van der Waals surface area contributed by atoms with Gasteiger partial charge in [-0.05, 0) is 35.4 Å². The molecule has 4 rings (SSSR count). The van der Waals surface area contributed by atoms with E-state index in [9.17, 15) is 14.9 Å². The van der Waals surface area contributed by atoms with Crippen LogP contribution in [0.4, 0.5) is 5.69 Å². The molecule has 7 heteroatoms. The fourth-order valence-corrected chi connectivity index (χ4v) is 3.93. The van der Waals surface area contributed by atoms with Crippen molar-refractivity contribution >= 4 is 23.0 Å². The summed E-state index contributed by atoms with van der Waals surface area (Å²) in [6.45, 7) is 1.32. The van der Waals surface area contributed by atoms with Crippen LogP contribution in [0.3, 0.4) is 0 Å². The van der Waals surface area contributed by atoms with Gasteiger partial charge in [-0.15, -0.1) is 0 Å². The lowest BCUT2D eigenvalue weighted by Crippen LogP contribution is -2.50. The first-order valence-corrected chi connectivity index (χ1v) is 11.3. The van der Waals surface area contributed by atoms with Crippen LogP contribution in [-0.2, 0) is 14.3 Å². The number of rotatable bonds is 7. The van der Waals surface area contributed by atoms with Crippen LogP contribution in [0.15, 0.2) is 90.5 Å².